The summed E-state index contributed by atoms with van der Waals surface area (Å²) in [4.78, 5) is 12.7. The van der Waals surface area contributed by atoms with Crippen molar-refractivity contribution < 1.29 is 14.6 Å². The van der Waals surface area contributed by atoms with Crippen LogP contribution in [0.25, 0.3) is 0 Å². The molecule has 0 aromatic heterocycles. The SMILES string of the molecule is CCCCCCCCCCCCCCCCOC(=O)c1cc(C(C)(C)C)c(O)c(C(C)(C)C)c1. The first kappa shape index (κ1) is 30.5. The van der Waals surface area contributed by atoms with Gasteiger partial charge in [-0.1, -0.05) is 132 Å². The molecule has 1 rings (SSSR count). The zero-order chi connectivity index (χ0) is 25.6. The van der Waals surface area contributed by atoms with Crippen LogP contribution in [0.3, 0.4) is 0 Å². The number of benzene rings is 1. The van der Waals surface area contributed by atoms with Gasteiger partial charge in [-0.3, -0.25) is 0 Å². The molecule has 3 nitrogen and oxygen atoms in total. The van der Waals surface area contributed by atoms with E-state index in [0.717, 1.165) is 24.0 Å². The predicted molar refractivity (Wildman–Crippen MR) is 146 cm³/mol. The number of carbonyl (C=O) groups is 1. The molecule has 0 radical (unpaired) electrons. The smallest absolute Gasteiger partial charge is 0.338 e. The summed E-state index contributed by atoms with van der Waals surface area (Å²) in [6.07, 6.45) is 18.4. The van der Waals surface area contributed by atoms with Gasteiger partial charge in [0.1, 0.15) is 5.75 Å². The van der Waals surface area contributed by atoms with Crippen molar-refractivity contribution in [2.45, 2.75) is 149 Å². The number of aromatic hydroxyl groups is 1. The minimum atomic E-state index is -0.286. The van der Waals surface area contributed by atoms with Gasteiger partial charge in [-0.05, 0) is 29.4 Å². The number of hydrogen-bond donors (Lipinski definition) is 1. The third-order valence-electron chi connectivity index (χ3n) is 6.69. The van der Waals surface area contributed by atoms with E-state index in [-0.39, 0.29) is 16.8 Å². The number of ether oxygens (including phenoxy) is 1. The molecule has 0 spiro atoms. The van der Waals surface area contributed by atoms with E-state index in [4.69, 9.17) is 4.74 Å². The van der Waals surface area contributed by atoms with Crippen molar-refractivity contribution >= 4 is 5.97 Å². The number of carbonyl (C=O) groups excluding carboxylic acids is 1. The molecule has 3 heteroatoms. The number of esters is 1. The van der Waals surface area contributed by atoms with Crippen LogP contribution in [-0.2, 0) is 15.6 Å². The van der Waals surface area contributed by atoms with Crippen molar-refractivity contribution in [2.75, 3.05) is 6.61 Å². The fraction of sp³-hybridized carbons (Fsp3) is 0.774. The molecule has 0 saturated heterocycles. The maximum atomic E-state index is 12.7. The molecule has 0 fully saturated rings. The number of phenols is 1. The van der Waals surface area contributed by atoms with Crippen molar-refractivity contribution in [3.8, 4) is 5.75 Å². The van der Waals surface area contributed by atoms with Gasteiger partial charge in [-0.25, -0.2) is 4.79 Å². The van der Waals surface area contributed by atoms with Gasteiger partial charge in [0.25, 0.3) is 0 Å². The van der Waals surface area contributed by atoms with Gasteiger partial charge in [-0.2, -0.15) is 0 Å². The van der Waals surface area contributed by atoms with E-state index < -0.39 is 0 Å². The van der Waals surface area contributed by atoms with Crippen molar-refractivity contribution in [2.24, 2.45) is 0 Å². The molecular weight excluding hydrogens is 420 g/mol. The third kappa shape index (κ3) is 11.8. The zero-order valence-corrected chi connectivity index (χ0v) is 23.5. The summed E-state index contributed by atoms with van der Waals surface area (Å²) in [5, 5.41) is 10.8. The van der Waals surface area contributed by atoms with E-state index in [0.29, 0.717) is 17.9 Å². The van der Waals surface area contributed by atoms with Crippen molar-refractivity contribution in [1.82, 2.24) is 0 Å². The zero-order valence-electron chi connectivity index (χ0n) is 23.5. The Morgan fingerprint density at radius 2 is 1.03 bits per heavy atom. The molecule has 0 aliphatic carbocycles. The minimum absolute atomic E-state index is 0.255. The molecule has 0 amide bonds. The Kier molecular flexibility index (Phi) is 13.9. The second-order valence-electron chi connectivity index (χ2n) is 12.2. The Hall–Kier alpha value is -1.51. The number of phenolic OH excluding ortho intramolecular Hbond substituents is 1. The first-order valence-electron chi connectivity index (χ1n) is 14.0. The van der Waals surface area contributed by atoms with Crippen molar-refractivity contribution in [3.05, 3.63) is 28.8 Å². The maximum absolute atomic E-state index is 12.7. The van der Waals surface area contributed by atoms with Crippen LogP contribution in [0.1, 0.15) is 160 Å². The minimum Gasteiger partial charge on any atom is -0.507 e. The van der Waals surface area contributed by atoms with Crippen LogP contribution in [0.4, 0.5) is 0 Å². The molecule has 0 saturated carbocycles. The highest BCUT2D eigenvalue weighted by Crippen LogP contribution is 2.39. The van der Waals surface area contributed by atoms with E-state index in [2.05, 4.69) is 48.5 Å². The quantitative estimate of drug-likeness (QED) is 0.191. The van der Waals surface area contributed by atoms with Gasteiger partial charge in [-0.15, -0.1) is 0 Å². The molecule has 0 aliphatic rings. The van der Waals surface area contributed by atoms with Crippen LogP contribution in [0, 0.1) is 0 Å². The van der Waals surface area contributed by atoms with Crippen LogP contribution >= 0.6 is 0 Å². The second-order valence-corrected chi connectivity index (χ2v) is 12.2. The van der Waals surface area contributed by atoms with E-state index in [1.807, 2.05) is 0 Å². The van der Waals surface area contributed by atoms with Crippen LogP contribution in [-0.4, -0.2) is 17.7 Å². The van der Waals surface area contributed by atoms with Gasteiger partial charge in [0.05, 0.1) is 12.2 Å². The molecule has 0 heterocycles. The van der Waals surface area contributed by atoms with Gasteiger partial charge in [0.15, 0.2) is 0 Å². The fourth-order valence-corrected chi connectivity index (χ4v) is 4.44. The topological polar surface area (TPSA) is 46.5 Å². The van der Waals surface area contributed by atoms with Crippen LogP contribution < -0.4 is 0 Å². The maximum Gasteiger partial charge on any atom is 0.338 e. The summed E-state index contributed by atoms with van der Waals surface area (Å²) in [6.45, 7) is 15.1. The Bertz CT molecular complexity index is 671. The van der Waals surface area contributed by atoms with Gasteiger partial charge < -0.3 is 9.84 Å². The molecular formula is C31H54O3. The first-order chi connectivity index (χ1) is 16.0. The van der Waals surface area contributed by atoms with Gasteiger partial charge in [0.2, 0.25) is 0 Å². The largest absolute Gasteiger partial charge is 0.507 e. The number of hydrogen-bond acceptors (Lipinski definition) is 3. The van der Waals surface area contributed by atoms with E-state index in [1.54, 1.807) is 12.1 Å². The van der Waals surface area contributed by atoms with Crippen LogP contribution in [0.5, 0.6) is 5.75 Å². The highest BCUT2D eigenvalue weighted by molar-refractivity contribution is 5.90. The normalized spacial score (nSPS) is 12.2. The molecule has 1 aromatic rings. The lowest BCUT2D eigenvalue weighted by Gasteiger charge is -2.28. The van der Waals surface area contributed by atoms with E-state index >= 15 is 0 Å². The van der Waals surface area contributed by atoms with Crippen molar-refractivity contribution in [3.63, 3.8) is 0 Å². The average molecular weight is 475 g/mol. The van der Waals surface area contributed by atoms with Crippen LogP contribution in [0.15, 0.2) is 12.1 Å². The van der Waals surface area contributed by atoms with E-state index in [9.17, 15) is 9.90 Å². The number of unbranched alkanes of at least 4 members (excludes halogenated alkanes) is 13. The molecule has 34 heavy (non-hydrogen) atoms. The average Bonchev–Trinajstić information content (AvgIpc) is 2.74. The fourth-order valence-electron chi connectivity index (χ4n) is 4.44. The third-order valence-corrected chi connectivity index (χ3v) is 6.69. The van der Waals surface area contributed by atoms with Gasteiger partial charge in [0, 0.05) is 11.1 Å². The lowest BCUT2D eigenvalue weighted by atomic mass is 9.78. The lowest BCUT2D eigenvalue weighted by molar-refractivity contribution is 0.0497. The number of rotatable bonds is 16. The molecule has 0 atom stereocenters. The summed E-state index contributed by atoms with van der Waals surface area (Å²) in [7, 11) is 0. The Morgan fingerprint density at radius 1 is 0.676 bits per heavy atom. The van der Waals surface area contributed by atoms with Crippen LogP contribution in [0.2, 0.25) is 0 Å². The summed E-state index contributed by atoms with van der Waals surface area (Å²) < 4.78 is 5.59. The lowest BCUT2D eigenvalue weighted by Crippen LogP contribution is -2.19. The van der Waals surface area contributed by atoms with Gasteiger partial charge >= 0.3 is 5.97 Å². The summed E-state index contributed by atoms with van der Waals surface area (Å²) >= 11 is 0. The summed E-state index contributed by atoms with van der Waals surface area (Å²) in [5.41, 5.74) is 1.62. The summed E-state index contributed by atoms with van der Waals surface area (Å²) in [6, 6.07) is 3.61. The first-order valence-corrected chi connectivity index (χ1v) is 14.0. The molecule has 0 aliphatic heterocycles. The Morgan fingerprint density at radius 3 is 1.38 bits per heavy atom. The molecule has 0 bridgehead atoms. The highest BCUT2D eigenvalue weighted by Gasteiger charge is 2.28. The standard InChI is InChI=1S/C31H54O3/c1-8-9-10-11-12-13-14-15-16-17-18-19-20-21-22-34-29(33)25-23-26(30(2,3)4)28(32)27(24-25)31(5,6)7/h23-24,32H,8-22H2,1-7H3. The molecule has 1 N–H and O–H groups in total. The highest BCUT2D eigenvalue weighted by atomic mass is 16.5. The molecule has 0 unspecified atom stereocenters. The predicted octanol–water partition coefficient (Wildman–Crippen LogP) is 9.63. The van der Waals surface area contributed by atoms with E-state index in [1.165, 1.54) is 77.0 Å². The Labute approximate surface area is 211 Å². The monoisotopic (exact) mass is 474 g/mol. The molecule has 196 valence electrons. The van der Waals surface area contributed by atoms with Crippen molar-refractivity contribution in [1.29, 1.82) is 0 Å². The summed E-state index contributed by atoms with van der Waals surface area (Å²) in [5.74, 6) is 0.00854. The Balaban J connectivity index is 2.29. The second kappa shape index (κ2) is 15.5. The molecule has 1 aromatic carbocycles.